The van der Waals surface area contributed by atoms with E-state index in [0.29, 0.717) is 25.4 Å². The van der Waals surface area contributed by atoms with Gasteiger partial charge in [0, 0.05) is 31.8 Å². The van der Waals surface area contributed by atoms with Crippen molar-refractivity contribution >= 4 is 21.7 Å². The third kappa shape index (κ3) is 4.20. The Morgan fingerprint density at radius 2 is 2.04 bits per heavy atom. The van der Waals surface area contributed by atoms with Gasteiger partial charge in [0.15, 0.2) is 0 Å². The van der Waals surface area contributed by atoms with Crippen molar-refractivity contribution in [3.05, 3.63) is 18.2 Å². The van der Waals surface area contributed by atoms with E-state index in [1.54, 1.807) is 12.1 Å². The van der Waals surface area contributed by atoms with Crippen LogP contribution in [0.3, 0.4) is 0 Å². The molecule has 1 saturated carbocycles. The van der Waals surface area contributed by atoms with Crippen molar-refractivity contribution in [1.82, 2.24) is 9.62 Å². The van der Waals surface area contributed by atoms with Crippen molar-refractivity contribution in [2.45, 2.75) is 49.6 Å². The molecular weight excluding hydrogens is 370 g/mol. The number of nitrogens with one attached hydrogen (secondary N) is 2. The van der Waals surface area contributed by atoms with E-state index < -0.39 is 16.1 Å². The zero-order valence-corrected chi connectivity index (χ0v) is 16.8. The minimum Gasteiger partial charge on any atom is -0.495 e. The van der Waals surface area contributed by atoms with Crippen LogP contribution in [0.5, 0.6) is 5.75 Å². The van der Waals surface area contributed by atoms with Crippen LogP contribution in [0, 0.1) is 0 Å². The summed E-state index contributed by atoms with van der Waals surface area (Å²) in [6.07, 6.45) is 2.45. The number of carbonyl (C=O) groups excluding carboxylic acids is 1. The second-order valence-corrected chi connectivity index (χ2v) is 8.98. The fraction of sp³-hybridized carbons (Fsp3) is 0.611. The first-order chi connectivity index (χ1) is 12.8. The summed E-state index contributed by atoms with van der Waals surface area (Å²) in [5, 5.41) is 5.56. The Kier molecular flexibility index (Phi) is 5.64. The summed E-state index contributed by atoms with van der Waals surface area (Å²) >= 11 is 0. The fourth-order valence-corrected chi connectivity index (χ4v) is 5.09. The molecule has 2 N–H and O–H groups in total. The van der Waals surface area contributed by atoms with E-state index in [1.807, 2.05) is 13.8 Å². The number of hydrogen-bond donors (Lipinski definition) is 2. The molecule has 27 heavy (non-hydrogen) atoms. The number of methoxy groups -OCH3 is 1. The maximum atomic E-state index is 12.9. The largest absolute Gasteiger partial charge is 0.495 e. The number of anilines is 1. The van der Waals surface area contributed by atoms with Crippen LogP contribution >= 0.6 is 0 Å². The predicted molar refractivity (Wildman–Crippen MR) is 102 cm³/mol. The monoisotopic (exact) mass is 397 g/mol. The van der Waals surface area contributed by atoms with Crippen LogP contribution in [0.4, 0.5) is 10.5 Å². The Morgan fingerprint density at radius 1 is 1.33 bits per heavy atom. The molecule has 2 amide bonds. The van der Waals surface area contributed by atoms with Crippen LogP contribution in [0.1, 0.15) is 33.1 Å². The minimum absolute atomic E-state index is 0.0523. The van der Waals surface area contributed by atoms with Gasteiger partial charge in [0.2, 0.25) is 10.0 Å². The number of nitrogens with zero attached hydrogens (tertiary/aromatic N) is 1. The standard InChI is InChI=1S/C18H27N3O5S/c1-4-26-18(2)12-16(18)20-17(22)19-13-7-8-14(25-3)15(11-13)27(23,24)21-9-5-6-10-21/h7-8,11,16H,4-6,9-10,12H2,1-3H3,(H2,19,20,22)/t16-,18+/m1/s1. The van der Waals surface area contributed by atoms with Gasteiger partial charge in [0.25, 0.3) is 0 Å². The number of benzene rings is 1. The third-order valence-electron chi connectivity index (χ3n) is 5.07. The van der Waals surface area contributed by atoms with Gasteiger partial charge < -0.3 is 20.1 Å². The number of amides is 2. The van der Waals surface area contributed by atoms with Gasteiger partial charge in [-0.25, -0.2) is 13.2 Å². The topological polar surface area (TPSA) is 97.0 Å². The molecule has 2 atom stereocenters. The smallest absolute Gasteiger partial charge is 0.319 e. The van der Waals surface area contributed by atoms with Gasteiger partial charge in [-0.1, -0.05) is 0 Å². The molecular formula is C18H27N3O5S. The average Bonchev–Trinajstić information content (AvgIpc) is 3.03. The predicted octanol–water partition coefficient (Wildman–Crippen LogP) is 2.17. The Hall–Kier alpha value is -1.84. The van der Waals surface area contributed by atoms with Gasteiger partial charge in [-0.15, -0.1) is 0 Å². The second kappa shape index (κ2) is 7.65. The lowest BCUT2D eigenvalue weighted by Crippen LogP contribution is -2.35. The van der Waals surface area contributed by atoms with E-state index in [4.69, 9.17) is 9.47 Å². The Labute approximate surface area is 160 Å². The molecule has 1 heterocycles. The van der Waals surface area contributed by atoms with Gasteiger partial charge in [-0.2, -0.15) is 4.31 Å². The highest BCUT2D eigenvalue weighted by Crippen LogP contribution is 2.39. The molecule has 0 bridgehead atoms. The molecule has 1 aromatic carbocycles. The number of sulfonamides is 1. The molecule has 8 nitrogen and oxygen atoms in total. The van der Waals surface area contributed by atoms with Crippen LogP contribution in [0.25, 0.3) is 0 Å². The molecule has 0 aromatic heterocycles. The van der Waals surface area contributed by atoms with Crippen molar-refractivity contribution < 1.29 is 22.7 Å². The van der Waals surface area contributed by atoms with Gasteiger partial charge in [0.05, 0.1) is 18.8 Å². The zero-order chi connectivity index (χ0) is 19.7. The number of ether oxygens (including phenoxy) is 2. The Balaban J connectivity index is 1.73. The summed E-state index contributed by atoms with van der Waals surface area (Å²) in [6, 6.07) is 4.18. The van der Waals surface area contributed by atoms with Crippen LogP contribution in [-0.2, 0) is 14.8 Å². The van der Waals surface area contributed by atoms with E-state index in [2.05, 4.69) is 10.6 Å². The molecule has 150 valence electrons. The number of hydrogen-bond acceptors (Lipinski definition) is 5. The summed E-state index contributed by atoms with van der Waals surface area (Å²) in [7, 11) is -2.23. The minimum atomic E-state index is -3.66. The SMILES string of the molecule is CCO[C@@]1(C)C[C@H]1NC(=O)Nc1ccc(OC)c(S(=O)(=O)N2CCCC2)c1. The van der Waals surface area contributed by atoms with Crippen LogP contribution in [0.15, 0.2) is 23.1 Å². The van der Waals surface area contributed by atoms with Gasteiger partial charge in [0.1, 0.15) is 10.6 Å². The highest BCUT2D eigenvalue weighted by molar-refractivity contribution is 7.89. The molecule has 0 radical (unpaired) electrons. The summed E-state index contributed by atoms with van der Waals surface area (Å²) in [4.78, 5) is 12.3. The lowest BCUT2D eigenvalue weighted by Gasteiger charge is -2.18. The summed E-state index contributed by atoms with van der Waals surface area (Å²) in [5.41, 5.74) is 0.0702. The Bertz CT molecular complexity index is 807. The zero-order valence-electron chi connectivity index (χ0n) is 15.9. The summed E-state index contributed by atoms with van der Waals surface area (Å²) in [6.45, 7) is 5.46. The first kappa shape index (κ1) is 19.9. The van der Waals surface area contributed by atoms with E-state index in [9.17, 15) is 13.2 Å². The van der Waals surface area contributed by atoms with Crippen LogP contribution in [0.2, 0.25) is 0 Å². The number of carbonyl (C=O) groups is 1. The van der Waals surface area contributed by atoms with Crippen molar-refractivity contribution in [3.8, 4) is 5.75 Å². The summed E-state index contributed by atoms with van der Waals surface area (Å²) < 4.78 is 38.1. The third-order valence-corrected chi connectivity index (χ3v) is 6.99. The number of rotatable bonds is 7. The molecule has 1 saturated heterocycles. The molecule has 0 spiro atoms. The maximum Gasteiger partial charge on any atom is 0.319 e. The van der Waals surface area contributed by atoms with Crippen LogP contribution in [-0.4, -0.2) is 57.2 Å². The summed E-state index contributed by atoms with van der Waals surface area (Å²) in [5.74, 6) is 0.263. The van der Waals surface area contributed by atoms with Crippen molar-refractivity contribution in [2.75, 3.05) is 32.1 Å². The molecule has 2 aliphatic rings. The van der Waals surface area contributed by atoms with Crippen LogP contribution < -0.4 is 15.4 Å². The highest BCUT2D eigenvalue weighted by Gasteiger charge is 2.52. The molecule has 1 aromatic rings. The molecule has 1 aliphatic carbocycles. The van der Waals surface area contributed by atoms with Crippen molar-refractivity contribution in [2.24, 2.45) is 0 Å². The first-order valence-electron chi connectivity index (χ1n) is 9.20. The molecule has 2 fully saturated rings. The van der Waals surface area contributed by atoms with E-state index in [0.717, 1.165) is 19.3 Å². The van der Waals surface area contributed by atoms with E-state index in [1.165, 1.54) is 17.5 Å². The van der Waals surface area contributed by atoms with Crippen molar-refractivity contribution in [1.29, 1.82) is 0 Å². The van der Waals surface area contributed by atoms with E-state index in [-0.39, 0.29) is 22.3 Å². The lowest BCUT2D eigenvalue weighted by atomic mass is 10.3. The van der Waals surface area contributed by atoms with E-state index >= 15 is 0 Å². The first-order valence-corrected chi connectivity index (χ1v) is 10.6. The second-order valence-electron chi connectivity index (χ2n) is 7.08. The highest BCUT2D eigenvalue weighted by atomic mass is 32.2. The maximum absolute atomic E-state index is 12.9. The molecule has 3 rings (SSSR count). The van der Waals surface area contributed by atoms with Gasteiger partial charge >= 0.3 is 6.03 Å². The molecule has 9 heteroatoms. The van der Waals surface area contributed by atoms with Gasteiger partial charge in [-0.3, -0.25) is 0 Å². The Morgan fingerprint density at radius 3 is 2.67 bits per heavy atom. The normalized spacial score (nSPS) is 25.2. The quantitative estimate of drug-likeness (QED) is 0.735. The molecule has 0 unspecified atom stereocenters. The average molecular weight is 397 g/mol. The van der Waals surface area contributed by atoms with Gasteiger partial charge in [-0.05, 0) is 44.9 Å². The fourth-order valence-electron chi connectivity index (χ4n) is 3.39. The number of urea groups is 1. The molecule has 1 aliphatic heterocycles. The lowest BCUT2D eigenvalue weighted by molar-refractivity contribution is 0.0494. The van der Waals surface area contributed by atoms with Crippen molar-refractivity contribution in [3.63, 3.8) is 0 Å².